The molecule has 0 aliphatic carbocycles. The molecule has 2 unspecified atom stereocenters. The van der Waals surface area contributed by atoms with Gasteiger partial charge in [0.05, 0.1) is 19.1 Å². The van der Waals surface area contributed by atoms with E-state index in [1.54, 1.807) is 0 Å². The fraction of sp³-hybridized carbons (Fsp3) is 0.769. The summed E-state index contributed by atoms with van der Waals surface area (Å²) in [6.07, 6.45) is 0.466. The zero-order valence-electron chi connectivity index (χ0n) is 12.0. The summed E-state index contributed by atoms with van der Waals surface area (Å²) in [5, 5.41) is 23.2. The van der Waals surface area contributed by atoms with Gasteiger partial charge in [-0.15, -0.1) is 0 Å². The quantitative estimate of drug-likeness (QED) is 0.449. The van der Waals surface area contributed by atoms with Crippen LogP contribution in [0.4, 0.5) is 0 Å². The molecule has 0 saturated carbocycles. The molecule has 0 aromatic rings. The van der Waals surface area contributed by atoms with E-state index in [1.165, 1.54) is 0 Å². The molecule has 1 rings (SSSR count). The fourth-order valence-corrected chi connectivity index (χ4v) is 2.15. The van der Waals surface area contributed by atoms with E-state index in [4.69, 9.17) is 14.9 Å². The first-order valence-electron chi connectivity index (χ1n) is 7.01. The number of carboxylic acid groups (broad SMARTS) is 2. The fourth-order valence-electron chi connectivity index (χ4n) is 2.15. The number of aliphatic carboxylic acids is 2. The smallest absolute Gasteiger partial charge is 0.326 e. The molecular weight excluding hydrogens is 280 g/mol. The van der Waals surface area contributed by atoms with Crippen LogP contribution in [-0.4, -0.2) is 59.9 Å². The molecule has 1 aliphatic rings. The Morgan fingerprint density at radius 2 is 2.00 bits per heavy atom. The third kappa shape index (κ3) is 5.68. The largest absolute Gasteiger partial charge is 0.481 e. The Hall–Kier alpha value is -1.67. The summed E-state index contributed by atoms with van der Waals surface area (Å²) in [7, 11) is 0. The van der Waals surface area contributed by atoms with Crippen molar-refractivity contribution >= 4 is 17.8 Å². The Labute approximate surface area is 122 Å². The van der Waals surface area contributed by atoms with Crippen LogP contribution in [0.5, 0.6) is 0 Å². The highest BCUT2D eigenvalue weighted by atomic mass is 16.5. The molecule has 1 saturated heterocycles. The van der Waals surface area contributed by atoms with Gasteiger partial charge in [0.25, 0.3) is 0 Å². The van der Waals surface area contributed by atoms with Crippen molar-refractivity contribution in [1.82, 2.24) is 10.6 Å². The van der Waals surface area contributed by atoms with Crippen LogP contribution >= 0.6 is 0 Å². The average molecular weight is 302 g/mol. The van der Waals surface area contributed by atoms with Gasteiger partial charge in [0.2, 0.25) is 5.91 Å². The summed E-state index contributed by atoms with van der Waals surface area (Å²) in [6, 6.07) is -1.33. The maximum Gasteiger partial charge on any atom is 0.326 e. The standard InChI is InChI=1S/C13H22N2O6/c1-2-5-14-10-7-21-6-8(10)12(18)15-9(13(19)20)3-4-11(16)17/h8-10,14H,2-7H2,1H3,(H,15,18)(H,16,17)(H,19,20)/t8?,9-,10?/m0/s1. The lowest BCUT2D eigenvalue weighted by Crippen LogP contribution is -2.49. The number of rotatable bonds is 9. The van der Waals surface area contributed by atoms with Gasteiger partial charge >= 0.3 is 11.9 Å². The van der Waals surface area contributed by atoms with E-state index in [2.05, 4.69) is 10.6 Å². The normalized spacial score (nSPS) is 22.7. The van der Waals surface area contributed by atoms with Crippen molar-refractivity contribution in [1.29, 1.82) is 0 Å². The third-order valence-corrected chi connectivity index (χ3v) is 3.34. The first-order chi connectivity index (χ1) is 9.95. The number of nitrogens with one attached hydrogen (secondary N) is 2. The lowest BCUT2D eigenvalue weighted by atomic mass is 10.0. The molecule has 1 amide bonds. The van der Waals surface area contributed by atoms with Gasteiger partial charge in [-0.2, -0.15) is 0 Å². The van der Waals surface area contributed by atoms with Gasteiger partial charge in [-0.3, -0.25) is 9.59 Å². The van der Waals surface area contributed by atoms with Crippen molar-refractivity contribution in [3.63, 3.8) is 0 Å². The Balaban J connectivity index is 2.55. The first-order valence-corrected chi connectivity index (χ1v) is 7.01. The van der Waals surface area contributed by atoms with Crippen molar-refractivity contribution < 1.29 is 29.3 Å². The van der Waals surface area contributed by atoms with Gasteiger partial charge < -0.3 is 25.6 Å². The molecular formula is C13H22N2O6. The SMILES string of the molecule is CCCNC1COCC1C(=O)N[C@@H](CCC(=O)O)C(=O)O. The molecule has 0 aromatic carbocycles. The van der Waals surface area contributed by atoms with Crippen molar-refractivity contribution in [2.24, 2.45) is 5.92 Å². The van der Waals surface area contributed by atoms with E-state index in [0.717, 1.165) is 13.0 Å². The maximum absolute atomic E-state index is 12.1. The highest BCUT2D eigenvalue weighted by molar-refractivity contribution is 5.86. The van der Waals surface area contributed by atoms with Crippen molar-refractivity contribution in [3.8, 4) is 0 Å². The molecule has 120 valence electrons. The van der Waals surface area contributed by atoms with Crippen LogP contribution in [0, 0.1) is 5.92 Å². The topological polar surface area (TPSA) is 125 Å². The van der Waals surface area contributed by atoms with Gasteiger partial charge in [0.15, 0.2) is 0 Å². The molecule has 4 N–H and O–H groups in total. The van der Waals surface area contributed by atoms with Gasteiger partial charge in [-0.05, 0) is 19.4 Å². The van der Waals surface area contributed by atoms with Crippen LogP contribution in [0.3, 0.4) is 0 Å². The van der Waals surface area contributed by atoms with E-state index in [0.29, 0.717) is 6.61 Å². The summed E-state index contributed by atoms with van der Waals surface area (Å²) < 4.78 is 5.26. The van der Waals surface area contributed by atoms with E-state index < -0.39 is 29.8 Å². The van der Waals surface area contributed by atoms with E-state index in [-0.39, 0.29) is 25.5 Å². The molecule has 1 aliphatic heterocycles. The van der Waals surface area contributed by atoms with Gasteiger partial charge in [-0.1, -0.05) is 6.92 Å². The third-order valence-electron chi connectivity index (χ3n) is 3.34. The molecule has 0 radical (unpaired) electrons. The maximum atomic E-state index is 12.1. The summed E-state index contributed by atoms with van der Waals surface area (Å²) in [6.45, 7) is 3.40. The summed E-state index contributed by atoms with van der Waals surface area (Å²) in [4.78, 5) is 33.7. The average Bonchev–Trinajstić information content (AvgIpc) is 2.88. The number of hydrogen-bond acceptors (Lipinski definition) is 5. The van der Waals surface area contributed by atoms with Gasteiger partial charge in [0.1, 0.15) is 6.04 Å². The first kappa shape index (κ1) is 17.4. The minimum Gasteiger partial charge on any atom is -0.481 e. The highest BCUT2D eigenvalue weighted by Crippen LogP contribution is 2.14. The van der Waals surface area contributed by atoms with Crippen LogP contribution in [0.2, 0.25) is 0 Å². The molecule has 1 fully saturated rings. The van der Waals surface area contributed by atoms with E-state index in [1.807, 2.05) is 6.92 Å². The summed E-state index contributed by atoms with van der Waals surface area (Å²) in [5.41, 5.74) is 0. The molecule has 3 atom stereocenters. The Morgan fingerprint density at radius 1 is 1.29 bits per heavy atom. The van der Waals surface area contributed by atoms with Gasteiger partial charge in [-0.25, -0.2) is 4.79 Å². The number of carbonyl (C=O) groups excluding carboxylic acids is 1. The van der Waals surface area contributed by atoms with Crippen LogP contribution in [0.15, 0.2) is 0 Å². The predicted octanol–water partition coefficient (Wildman–Crippen LogP) is -0.565. The second-order valence-corrected chi connectivity index (χ2v) is 5.04. The number of ether oxygens (including phenoxy) is 1. The second-order valence-electron chi connectivity index (χ2n) is 5.04. The molecule has 8 heteroatoms. The molecule has 21 heavy (non-hydrogen) atoms. The molecule has 1 heterocycles. The minimum atomic E-state index is -1.23. The Kier molecular flexibility index (Phi) is 7.10. The second kappa shape index (κ2) is 8.58. The Morgan fingerprint density at radius 3 is 2.57 bits per heavy atom. The molecule has 0 spiro atoms. The zero-order valence-corrected chi connectivity index (χ0v) is 12.0. The number of carbonyl (C=O) groups is 3. The summed E-state index contributed by atoms with van der Waals surface area (Å²) >= 11 is 0. The van der Waals surface area contributed by atoms with Crippen molar-refractivity contribution in [3.05, 3.63) is 0 Å². The van der Waals surface area contributed by atoms with E-state index >= 15 is 0 Å². The number of amides is 1. The molecule has 0 bridgehead atoms. The lowest BCUT2D eigenvalue weighted by molar-refractivity contribution is -0.143. The van der Waals surface area contributed by atoms with Crippen LogP contribution in [-0.2, 0) is 19.1 Å². The zero-order chi connectivity index (χ0) is 15.8. The van der Waals surface area contributed by atoms with Crippen molar-refractivity contribution in [2.45, 2.75) is 38.3 Å². The number of carboxylic acids is 2. The lowest BCUT2D eigenvalue weighted by Gasteiger charge is -2.21. The highest BCUT2D eigenvalue weighted by Gasteiger charge is 2.35. The Bertz CT molecular complexity index is 387. The van der Waals surface area contributed by atoms with Crippen LogP contribution in [0.25, 0.3) is 0 Å². The summed E-state index contributed by atoms with van der Waals surface area (Å²) in [5.74, 6) is -3.20. The van der Waals surface area contributed by atoms with Crippen LogP contribution < -0.4 is 10.6 Å². The molecule has 8 nitrogen and oxygen atoms in total. The van der Waals surface area contributed by atoms with Crippen molar-refractivity contribution in [2.75, 3.05) is 19.8 Å². The monoisotopic (exact) mass is 302 g/mol. The number of hydrogen-bond donors (Lipinski definition) is 4. The van der Waals surface area contributed by atoms with Crippen LogP contribution in [0.1, 0.15) is 26.2 Å². The van der Waals surface area contributed by atoms with Gasteiger partial charge in [0, 0.05) is 12.5 Å². The minimum absolute atomic E-state index is 0.140. The molecule has 0 aromatic heterocycles. The predicted molar refractivity (Wildman–Crippen MR) is 72.8 cm³/mol. The van der Waals surface area contributed by atoms with E-state index in [9.17, 15) is 14.4 Å².